The molecule has 2 rings (SSSR count). The van der Waals surface area contributed by atoms with Crippen molar-refractivity contribution in [3.63, 3.8) is 0 Å². The van der Waals surface area contributed by atoms with Gasteiger partial charge in [0.1, 0.15) is 0 Å². The predicted molar refractivity (Wildman–Crippen MR) is 59.8 cm³/mol. The number of carbonyl (C=O) groups excluding carboxylic acids is 1. The van der Waals surface area contributed by atoms with Gasteiger partial charge in [-0.05, 0) is 18.4 Å². The van der Waals surface area contributed by atoms with Crippen LogP contribution in [-0.2, 0) is 11.2 Å². The van der Waals surface area contributed by atoms with E-state index >= 15 is 0 Å². The minimum absolute atomic E-state index is 0.0252. The number of amides is 1. The van der Waals surface area contributed by atoms with Crippen LogP contribution in [0.25, 0.3) is 0 Å². The molecule has 5 nitrogen and oxygen atoms in total. The fraction of sp³-hybridized carbons (Fsp3) is 0.364. The lowest BCUT2D eigenvalue weighted by Crippen LogP contribution is -2.43. The molecule has 0 N–H and O–H groups in total. The topological polar surface area (TPSA) is 63.5 Å². The molecule has 0 unspecified atom stereocenters. The van der Waals surface area contributed by atoms with Crippen LogP contribution < -0.4 is 4.90 Å². The van der Waals surface area contributed by atoms with Gasteiger partial charge in [0.25, 0.3) is 5.69 Å². The summed E-state index contributed by atoms with van der Waals surface area (Å²) in [5.74, 6) is -1.99. The summed E-state index contributed by atoms with van der Waals surface area (Å²) in [4.78, 5) is 21.8. The highest BCUT2D eigenvalue weighted by molar-refractivity contribution is 5.98. The van der Waals surface area contributed by atoms with Gasteiger partial charge in [-0.1, -0.05) is 6.07 Å². The maximum Gasteiger partial charge on any atom is 0.471 e. The second-order valence-electron chi connectivity index (χ2n) is 4.13. The molecule has 0 aromatic heterocycles. The van der Waals surface area contributed by atoms with E-state index in [0.717, 1.165) is 6.07 Å². The molecule has 1 aromatic rings. The van der Waals surface area contributed by atoms with E-state index in [1.165, 1.54) is 12.1 Å². The lowest BCUT2D eigenvalue weighted by molar-refractivity contribution is -0.384. The Balaban J connectivity index is 2.45. The number of halogens is 3. The summed E-state index contributed by atoms with van der Waals surface area (Å²) in [6.07, 6.45) is -4.10. The number of anilines is 1. The molecule has 0 spiro atoms. The predicted octanol–water partition coefficient (Wildman–Crippen LogP) is 2.44. The van der Waals surface area contributed by atoms with Crippen LogP contribution in [-0.4, -0.2) is 23.6 Å². The fourth-order valence-electron chi connectivity index (χ4n) is 2.04. The molecule has 0 fully saturated rings. The Labute approximate surface area is 105 Å². The van der Waals surface area contributed by atoms with Crippen LogP contribution in [0.1, 0.15) is 12.0 Å². The van der Waals surface area contributed by atoms with Crippen LogP contribution in [0.15, 0.2) is 18.2 Å². The van der Waals surface area contributed by atoms with Crippen molar-refractivity contribution >= 4 is 17.3 Å². The third-order valence-corrected chi connectivity index (χ3v) is 2.89. The van der Waals surface area contributed by atoms with Crippen molar-refractivity contribution in [1.82, 2.24) is 0 Å². The average molecular weight is 274 g/mol. The molecule has 0 bridgehead atoms. The molecule has 1 aliphatic heterocycles. The summed E-state index contributed by atoms with van der Waals surface area (Å²) in [5.41, 5.74) is 0.151. The van der Waals surface area contributed by atoms with Gasteiger partial charge in [0.15, 0.2) is 0 Å². The van der Waals surface area contributed by atoms with Gasteiger partial charge < -0.3 is 4.90 Å². The summed E-state index contributed by atoms with van der Waals surface area (Å²) in [6, 6.07) is 3.63. The van der Waals surface area contributed by atoms with Gasteiger partial charge >= 0.3 is 12.1 Å². The van der Waals surface area contributed by atoms with E-state index in [1.807, 2.05) is 0 Å². The Bertz CT molecular complexity index is 542. The first-order valence-electron chi connectivity index (χ1n) is 5.46. The summed E-state index contributed by atoms with van der Waals surface area (Å²) < 4.78 is 37.4. The number of nitro groups is 1. The number of aryl methyl sites for hydroxylation is 1. The van der Waals surface area contributed by atoms with Crippen molar-refractivity contribution < 1.29 is 22.9 Å². The number of carbonyl (C=O) groups is 1. The minimum Gasteiger partial charge on any atom is -0.304 e. The summed E-state index contributed by atoms with van der Waals surface area (Å²) in [7, 11) is 0. The molecular weight excluding hydrogens is 265 g/mol. The van der Waals surface area contributed by atoms with Crippen LogP contribution >= 0.6 is 0 Å². The zero-order valence-electron chi connectivity index (χ0n) is 9.61. The number of fused-ring (bicyclic) bond motifs is 1. The van der Waals surface area contributed by atoms with Gasteiger partial charge in [0, 0.05) is 18.7 Å². The highest BCUT2D eigenvalue weighted by Gasteiger charge is 2.44. The number of alkyl halides is 3. The molecule has 0 saturated carbocycles. The van der Waals surface area contributed by atoms with Gasteiger partial charge in [-0.2, -0.15) is 13.2 Å². The first-order valence-corrected chi connectivity index (χ1v) is 5.46. The van der Waals surface area contributed by atoms with Crippen molar-refractivity contribution in [1.29, 1.82) is 0 Å². The zero-order valence-corrected chi connectivity index (χ0v) is 9.61. The molecule has 8 heteroatoms. The molecule has 0 aliphatic carbocycles. The van der Waals surface area contributed by atoms with E-state index in [9.17, 15) is 28.1 Å². The highest BCUT2D eigenvalue weighted by atomic mass is 19.4. The van der Waals surface area contributed by atoms with Gasteiger partial charge in [-0.15, -0.1) is 0 Å². The first kappa shape index (κ1) is 13.3. The van der Waals surface area contributed by atoms with E-state index < -0.39 is 17.0 Å². The standard InChI is InChI=1S/C11H9F3N2O3/c12-11(13,14)10(17)15-5-1-2-7-3-4-8(16(18)19)6-9(7)15/h3-4,6H,1-2,5H2. The molecule has 102 valence electrons. The van der Waals surface area contributed by atoms with Crippen LogP contribution in [0.5, 0.6) is 0 Å². The molecule has 1 heterocycles. The number of nitrogens with zero attached hydrogens (tertiary/aromatic N) is 2. The van der Waals surface area contributed by atoms with Crippen LogP contribution in [0.4, 0.5) is 24.5 Å². The number of benzene rings is 1. The van der Waals surface area contributed by atoms with Crippen molar-refractivity contribution in [3.8, 4) is 0 Å². The summed E-state index contributed by atoms with van der Waals surface area (Å²) >= 11 is 0. The Morgan fingerprint density at radius 1 is 1.37 bits per heavy atom. The van der Waals surface area contributed by atoms with Crippen LogP contribution in [0, 0.1) is 10.1 Å². The first-order chi connectivity index (χ1) is 8.80. The van der Waals surface area contributed by atoms with E-state index in [2.05, 4.69) is 0 Å². The SMILES string of the molecule is O=C(N1CCCc2ccc([N+](=O)[O-])cc21)C(F)(F)F. The molecule has 1 aromatic carbocycles. The smallest absolute Gasteiger partial charge is 0.304 e. The number of non-ortho nitro benzene ring substituents is 1. The van der Waals surface area contributed by atoms with Crippen molar-refractivity contribution in [3.05, 3.63) is 33.9 Å². The number of nitro benzene ring substituents is 1. The van der Waals surface area contributed by atoms with E-state index in [-0.39, 0.29) is 17.9 Å². The van der Waals surface area contributed by atoms with Crippen molar-refractivity contribution in [2.24, 2.45) is 0 Å². The second-order valence-corrected chi connectivity index (χ2v) is 4.13. The zero-order chi connectivity index (χ0) is 14.2. The fourth-order valence-corrected chi connectivity index (χ4v) is 2.04. The number of hydrogen-bond acceptors (Lipinski definition) is 3. The lowest BCUT2D eigenvalue weighted by Gasteiger charge is -2.29. The third kappa shape index (κ3) is 2.51. The molecular formula is C11H9F3N2O3. The Kier molecular flexibility index (Phi) is 3.17. The molecule has 1 aliphatic rings. The van der Waals surface area contributed by atoms with Crippen molar-refractivity contribution in [2.75, 3.05) is 11.4 Å². The van der Waals surface area contributed by atoms with Crippen LogP contribution in [0.3, 0.4) is 0 Å². The Hall–Kier alpha value is -2.12. The largest absolute Gasteiger partial charge is 0.471 e. The van der Waals surface area contributed by atoms with E-state index in [0.29, 0.717) is 23.3 Å². The van der Waals surface area contributed by atoms with Gasteiger partial charge in [0.05, 0.1) is 10.6 Å². The average Bonchev–Trinajstić information content (AvgIpc) is 2.35. The quantitative estimate of drug-likeness (QED) is 0.583. The van der Waals surface area contributed by atoms with E-state index in [4.69, 9.17) is 0 Å². The van der Waals surface area contributed by atoms with Gasteiger partial charge in [-0.25, -0.2) is 0 Å². The third-order valence-electron chi connectivity index (χ3n) is 2.89. The lowest BCUT2D eigenvalue weighted by atomic mass is 10.0. The minimum atomic E-state index is -4.99. The number of hydrogen-bond donors (Lipinski definition) is 0. The van der Waals surface area contributed by atoms with Crippen molar-refractivity contribution in [2.45, 2.75) is 19.0 Å². The summed E-state index contributed by atoms with van der Waals surface area (Å²) in [5, 5.41) is 10.6. The Morgan fingerprint density at radius 2 is 2.05 bits per heavy atom. The maximum atomic E-state index is 12.5. The monoisotopic (exact) mass is 274 g/mol. The molecule has 19 heavy (non-hydrogen) atoms. The maximum absolute atomic E-state index is 12.5. The second kappa shape index (κ2) is 4.52. The molecule has 0 atom stereocenters. The molecule has 0 saturated heterocycles. The normalized spacial score (nSPS) is 15.0. The number of rotatable bonds is 1. The highest BCUT2D eigenvalue weighted by Crippen LogP contribution is 2.33. The molecule has 0 radical (unpaired) electrons. The molecule has 1 amide bonds. The van der Waals surface area contributed by atoms with E-state index in [1.54, 1.807) is 0 Å². The summed E-state index contributed by atoms with van der Waals surface area (Å²) in [6.45, 7) is -0.0908. The van der Waals surface area contributed by atoms with Crippen LogP contribution in [0.2, 0.25) is 0 Å². The van der Waals surface area contributed by atoms with Gasteiger partial charge in [0.2, 0.25) is 0 Å². The Morgan fingerprint density at radius 3 is 2.63 bits per heavy atom. The van der Waals surface area contributed by atoms with Gasteiger partial charge in [-0.3, -0.25) is 14.9 Å².